The Kier molecular flexibility index (Phi) is 8.68. The number of aryl methyl sites for hydroxylation is 1. The highest BCUT2D eigenvalue weighted by molar-refractivity contribution is 7.98. The second-order valence-electron chi connectivity index (χ2n) is 8.74. The topological polar surface area (TPSA) is 110 Å². The molecule has 3 aromatic carbocycles. The van der Waals surface area contributed by atoms with Crippen LogP contribution in [0.15, 0.2) is 72.8 Å². The smallest absolute Gasteiger partial charge is 0.326 e. The lowest BCUT2D eigenvalue weighted by Crippen LogP contribution is -2.41. The lowest BCUT2D eigenvalue weighted by Gasteiger charge is -2.17. The minimum Gasteiger partial charge on any atom is -0.480 e. The maximum Gasteiger partial charge on any atom is 0.326 e. The summed E-state index contributed by atoms with van der Waals surface area (Å²) < 4.78 is 0. The fourth-order valence-electron chi connectivity index (χ4n) is 4.07. The van der Waals surface area contributed by atoms with E-state index in [0.29, 0.717) is 36.5 Å². The Morgan fingerprint density at radius 3 is 2.49 bits per heavy atom. The zero-order valence-electron chi connectivity index (χ0n) is 20.8. The number of aromatic nitrogens is 4. The van der Waals surface area contributed by atoms with Crippen LogP contribution in [0.3, 0.4) is 0 Å². The average molecular weight is 516 g/mol. The van der Waals surface area contributed by atoms with Gasteiger partial charge in [0.15, 0.2) is 5.82 Å². The fraction of sp³-hybridized carbons (Fsp3) is 0.250. The molecule has 1 amide bonds. The molecular formula is C28H29N5O3S. The number of amides is 1. The van der Waals surface area contributed by atoms with Gasteiger partial charge in [0.1, 0.15) is 6.04 Å². The van der Waals surface area contributed by atoms with Crippen molar-refractivity contribution >= 4 is 23.6 Å². The summed E-state index contributed by atoms with van der Waals surface area (Å²) in [7, 11) is 0. The number of rotatable bonds is 11. The summed E-state index contributed by atoms with van der Waals surface area (Å²) in [5.41, 5.74) is 5.09. The summed E-state index contributed by atoms with van der Waals surface area (Å²) in [5, 5.41) is 25.2. The van der Waals surface area contributed by atoms with Gasteiger partial charge in [0.05, 0.1) is 6.54 Å². The van der Waals surface area contributed by atoms with Crippen LogP contribution in [-0.4, -0.2) is 55.2 Å². The van der Waals surface area contributed by atoms with Crippen molar-refractivity contribution in [1.82, 2.24) is 25.5 Å². The molecule has 0 saturated heterocycles. The first kappa shape index (κ1) is 26.1. The molecule has 4 rings (SSSR count). The maximum atomic E-state index is 13.3. The summed E-state index contributed by atoms with van der Waals surface area (Å²) in [6.45, 7) is 2.52. The molecule has 0 radical (unpaired) electrons. The predicted molar refractivity (Wildman–Crippen MR) is 145 cm³/mol. The van der Waals surface area contributed by atoms with E-state index in [-0.39, 0.29) is 0 Å². The minimum absolute atomic E-state index is 0.352. The Balaban J connectivity index is 1.60. The Bertz CT molecular complexity index is 1370. The molecule has 1 aromatic heterocycles. The SMILES string of the molecule is CSCC[C@H](NC(=O)c1ccc(Cc2nnn(Cc3ccccc3)n2)cc1-c1ccccc1C)C(=O)O. The summed E-state index contributed by atoms with van der Waals surface area (Å²) in [6.07, 6.45) is 2.70. The van der Waals surface area contributed by atoms with E-state index in [9.17, 15) is 14.7 Å². The second kappa shape index (κ2) is 12.3. The standard InChI is InChI=1S/C28H29N5O3S/c1-19-8-6-7-11-22(19)24-16-21(12-13-23(24)27(34)29-25(28(35)36)14-15-37-2)17-26-30-32-33(31-26)18-20-9-4-3-5-10-20/h3-13,16,25H,14-15,17-18H2,1-2H3,(H,29,34)(H,35,36)/t25-/m0/s1. The monoisotopic (exact) mass is 515 g/mol. The third-order valence-corrected chi connectivity index (χ3v) is 6.65. The number of benzene rings is 3. The van der Waals surface area contributed by atoms with Gasteiger partial charge in [-0.15, -0.1) is 10.2 Å². The van der Waals surface area contributed by atoms with E-state index in [4.69, 9.17) is 0 Å². The van der Waals surface area contributed by atoms with Crippen molar-refractivity contribution in [3.05, 3.63) is 101 Å². The molecule has 1 heterocycles. The molecule has 0 aliphatic rings. The zero-order chi connectivity index (χ0) is 26.2. The lowest BCUT2D eigenvalue weighted by atomic mass is 9.93. The van der Waals surface area contributed by atoms with Gasteiger partial charge in [-0.1, -0.05) is 60.7 Å². The summed E-state index contributed by atoms with van der Waals surface area (Å²) in [5.74, 6) is -0.239. The molecule has 9 heteroatoms. The number of hydrogen-bond donors (Lipinski definition) is 2. The van der Waals surface area contributed by atoms with Gasteiger partial charge in [-0.05, 0) is 70.5 Å². The molecule has 8 nitrogen and oxygen atoms in total. The third-order valence-electron chi connectivity index (χ3n) is 6.00. The van der Waals surface area contributed by atoms with Crippen molar-refractivity contribution in [3.63, 3.8) is 0 Å². The summed E-state index contributed by atoms with van der Waals surface area (Å²) >= 11 is 1.54. The number of carbonyl (C=O) groups excluding carboxylic acids is 1. The van der Waals surface area contributed by atoms with E-state index in [1.807, 2.05) is 79.9 Å². The first-order chi connectivity index (χ1) is 17.9. The van der Waals surface area contributed by atoms with Crippen LogP contribution < -0.4 is 5.32 Å². The van der Waals surface area contributed by atoms with Gasteiger partial charge in [0, 0.05) is 12.0 Å². The Hall–Kier alpha value is -3.98. The number of tetrazole rings is 1. The lowest BCUT2D eigenvalue weighted by molar-refractivity contribution is -0.139. The Morgan fingerprint density at radius 2 is 1.76 bits per heavy atom. The number of carbonyl (C=O) groups is 2. The molecule has 0 unspecified atom stereocenters. The first-order valence-electron chi connectivity index (χ1n) is 12.0. The molecule has 2 N–H and O–H groups in total. The minimum atomic E-state index is -1.04. The van der Waals surface area contributed by atoms with Gasteiger partial charge in [-0.3, -0.25) is 4.79 Å². The van der Waals surface area contributed by atoms with E-state index in [1.54, 1.807) is 22.6 Å². The fourth-order valence-corrected chi connectivity index (χ4v) is 4.54. The van der Waals surface area contributed by atoms with Crippen molar-refractivity contribution in [1.29, 1.82) is 0 Å². The van der Waals surface area contributed by atoms with Crippen molar-refractivity contribution in [2.24, 2.45) is 0 Å². The number of thioether (sulfide) groups is 1. The number of hydrogen-bond acceptors (Lipinski definition) is 6. The average Bonchev–Trinajstić information content (AvgIpc) is 3.33. The van der Waals surface area contributed by atoms with Crippen LogP contribution >= 0.6 is 11.8 Å². The van der Waals surface area contributed by atoms with E-state index in [1.165, 1.54) is 0 Å². The highest BCUT2D eigenvalue weighted by atomic mass is 32.2. The molecule has 0 bridgehead atoms. The largest absolute Gasteiger partial charge is 0.480 e. The summed E-state index contributed by atoms with van der Waals surface area (Å²) in [4.78, 5) is 26.5. The van der Waals surface area contributed by atoms with E-state index in [0.717, 1.165) is 27.8 Å². The van der Waals surface area contributed by atoms with Gasteiger partial charge in [0.2, 0.25) is 0 Å². The molecule has 0 aliphatic heterocycles. The van der Waals surface area contributed by atoms with E-state index < -0.39 is 17.9 Å². The molecule has 0 saturated carbocycles. The number of aliphatic carboxylic acids is 1. The highest BCUT2D eigenvalue weighted by Gasteiger charge is 2.23. The highest BCUT2D eigenvalue weighted by Crippen LogP contribution is 2.29. The summed E-state index contributed by atoms with van der Waals surface area (Å²) in [6, 6.07) is 22.3. The first-order valence-corrected chi connectivity index (χ1v) is 13.4. The van der Waals surface area contributed by atoms with Gasteiger partial charge >= 0.3 is 5.97 Å². The predicted octanol–water partition coefficient (Wildman–Crippen LogP) is 4.22. The molecule has 190 valence electrons. The molecule has 4 aromatic rings. The van der Waals surface area contributed by atoms with Crippen molar-refractivity contribution in [3.8, 4) is 11.1 Å². The Labute approximate surface area is 220 Å². The van der Waals surface area contributed by atoms with E-state index in [2.05, 4.69) is 20.7 Å². The van der Waals surface area contributed by atoms with Crippen LogP contribution in [0, 0.1) is 6.92 Å². The number of carboxylic acids is 1. The van der Waals surface area contributed by atoms with Crippen molar-refractivity contribution in [2.45, 2.75) is 32.4 Å². The number of carboxylic acid groups (broad SMARTS) is 1. The van der Waals surface area contributed by atoms with Crippen LogP contribution in [0.1, 0.15) is 39.3 Å². The van der Waals surface area contributed by atoms with Crippen molar-refractivity contribution < 1.29 is 14.7 Å². The zero-order valence-corrected chi connectivity index (χ0v) is 21.6. The van der Waals surface area contributed by atoms with Crippen LogP contribution in [0.25, 0.3) is 11.1 Å². The number of nitrogens with zero attached hydrogens (tertiary/aromatic N) is 4. The third kappa shape index (κ3) is 6.83. The van der Waals surface area contributed by atoms with Crippen LogP contribution in [0.2, 0.25) is 0 Å². The molecule has 0 fully saturated rings. The quantitative estimate of drug-likeness (QED) is 0.308. The second-order valence-corrected chi connectivity index (χ2v) is 9.72. The number of nitrogens with one attached hydrogen (secondary N) is 1. The van der Waals surface area contributed by atoms with Gasteiger partial charge < -0.3 is 10.4 Å². The van der Waals surface area contributed by atoms with Crippen LogP contribution in [0.5, 0.6) is 0 Å². The van der Waals surface area contributed by atoms with Crippen LogP contribution in [-0.2, 0) is 17.8 Å². The van der Waals surface area contributed by atoms with Crippen molar-refractivity contribution in [2.75, 3.05) is 12.0 Å². The van der Waals surface area contributed by atoms with Crippen LogP contribution in [0.4, 0.5) is 0 Å². The van der Waals surface area contributed by atoms with Gasteiger partial charge in [-0.25, -0.2) is 4.79 Å². The molecule has 37 heavy (non-hydrogen) atoms. The van der Waals surface area contributed by atoms with Gasteiger partial charge in [0.25, 0.3) is 5.91 Å². The maximum absolute atomic E-state index is 13.3. The van der Waals surface area contributed by atoms with E-state index >= 15 is 0 Å². The van der Waals surface area contributed by atoms with Gasteiger partial charge in [-0.2, -0.15) is 16.6 Å². The molecule has 0 spiro atoms. The molecular weight excluding hydrogens is 486 g/mol. The molecule has 1 atom stereocenters. The Morgan fingerprint density at radius 1 is 1.00 bits per heavy atom. The molecule has 0 aliphatic carbocycles. The normalized spacial score (nSPS) is 11.7.